The molecule has 1 N–H and O–H groups in total. The molecule has 11 heteroatoms. The highest BCUT2D eigenvalue weighted by Gasteiger charge is 2.17. The van der Waals surface area contributed by atoms with E-state index in [-0.39, 0.29) is 45.7 Å². The summed E-state index contributed by atoms with van der Waals surface area (Å²) in [6, 6.07) is 16.7. The van der Waals surface area contributed by atoms with E-state index in [2.05, 4.69) is 4.72 Å². The Morgan fingerprint density at radius 1 is 0.975 bits per heavy atom. The lowest BCUT2D eigenvalue weighted by Crippen LogP contribution is -2.24. The molecule has 0 radical (unpaired) electrons. The van der Waals surface area contributed by atoms with Crippen molar-refractivity contribution in [2.24, 2.45) is 0 Å². The number of carbonyl (C=O) groups is 1. The van der Waals surface area contributed by atoms with Crippen molar-refractivity contribution in [2.45, 2.75) is 44.4 Å². The van der Waals surface area contributed by atoms with Gasteiger partial charge in [0.2, 0.25) is 15.5 Å². The number of hydrogen-bond acceptors (Lipinski definition) is 8. The van der Waals surface area contributed by atoms with Crippen molar-refractivity contribution in [3.05, 3.63) is 98.4 Å². The Kier molecular flexibility index (Phi) is 8.76. The topological polar surface area (TPSA) is 146 Å². The van der Waals surface area contributed by atoms with Crippen LogP contribution >= 0.6 is 0 Å². The number of fused-ring (bicyclic) bond motifs is 1. The van der Waals surface area contributed by atoms with Crippen LogP contribution in [0.4, 0.5) is 5.69 Å². The maximum absolute atomic E-state index is 13.1. The van der Waals surface area contributed by atoms with Crippen molar-refractivity contribution in [1.29, 1.82) is 0 Å². The van der Waals surface area contributed by atoms with Gasteiger partial charge in [0, 0.05) is 31.2 Å². The van der Waals surface area contributed by atoms with Gasteiger partial charge in [-0.1, -0.05) is 24.1 Å². The molecule has 10 nitrogen and oxygen atoms in total. The Hall–Kier alpha value is -4.35. The average molecular weight is 565 g/mol. The quantitative estimate of drug-likeness (QED) is 0.0834. The number of benzene rings is 3. The van der Waals surface area contributed by atoms with Crippen LogP contribution in [-0.4, -0.2) is 25.9 Å². The molecule has 0 fully saturated rings. The molecule has 0 spiro atoms. The molecule has 0 saturated carbocycles. The Morgan fingerprint density at radius 2 is 1.68 bits per heavy atom. The van der Waals surface area contributed by atoms with E-state index >= 15 is 0 Å². The first-order valence-electron chi connectivity index (χ1n) is 12.6. The second-order valence-corrected chi connectivity index (χ2v) is 11.1. The molecule has 40 heavy (non-hydrogen) atoms. The third-order valence-electron chi connectivity index (χ3n) is 6.32. The van der Waals surface area contributed by atoms with Crippen LogP contribution < -0.4 is 14.9 Å². The number of nitro benzene ring substituents is 1. The first-order chi connectivity index (χ1) is 19.0. The lowest BCUT2D eigenvalue weighted by Gasteiger charge is -2.09. The van der Waals surface area contributed by atoms with Gasteiger partial charge in [-0.3, -0.25) is 19.7 Å². The number of nitro groups is 1. The van der Waals surface area contributed by atoms with Crippen LogP contribution in [-0.2, 0) is 14.8 Å². The molecule has 208 valence electrons. The SMILES string of the molecule is Cc1ccc(S(=O)(=O)NCCCCCC(=O)Oc2ccc3c(=O)c(-c4ccc([N+](=O)[O-])cc4)c(C)oc3c2)cc1. The van der Waals surface area contributed by atoms with E-state index < -0.39 is 20.9 Å². The zero-order chi connectivity index (χ0) is 28.9. The molecule has 4 rings (SSSR count). The van der Waals surface area contributed by atoms with Crippen molar-refractivity contribution >= 4 is 32.6 Å². The van der Waals surface area contributed by atoms with Crippen molar-refractivity contribution in [3.63, 3.8) is 0 Å². The lowest BCUT2D eigenvalue weighted by atomic mass is 10.0. The number of sulfonamides is 1. The van der Waals surface area contributed by atoms with E-state index in [0.717, 1.165) is 5.56 Å². The first-order valence-corrected chi connectivity index (χ1v) is 14.1. The number of aryl methyl sites for hydroxylation is 2. The number of hydrogen-bond donors (Lipinski definition) is 1. The molecule has 1 aromatic heterocycles. The number of nitrogens with one attached hydrogen (secondary N) is 1. The smallest absolute Gasteiger partial charge is 0.311 e. The molecule has 0 atom stereocenters. The maximum Gasteiger partial charge on any atom is 0.311 e. The fourth-order valence-electron chi connectivity index (χ4n) is 4.19. The van der Waals surface area contributed by atoms with Crippen molar-refractivity contribution < 1.29 is 27.3 Å². The van der Waals surface area contributed by atoms with Gasteiger partial charge in [-0.05, 0) is 68.7 Å². The molecule has 0 aliphatic heterocycles. The third kappa shape index (κ3) is 6.80. The molecule has 0 aliphatic carbocycles. The summed E-state index contributed by atoms with van der Waals surface area (Å²) in [5, 5.41) is 11.2. The fourth-order valence-corrected chi connectivity index (χ4v) is 5.27. The highest BCUT2D eigenvalue weighted by molar-refractivity contribution is 7.89. The van der Waals surface area contributed by atoms with E-state index in [1.165, 1.54) is 42.5 Å². The summed E-state index contributed by atoms with van der Waals surface area (Å²) in [5.74, 6) is 0.1000. The van der Waals surface area contributed by atoms with Gasteiger partial charge >= 0.3 is 5.97 Å². The normalized spacial score (nSPS) is 11.4. The molecule has 3 aromatic carbocycles. The van der Waals surface area contributed by atoms with Crippen LogP contribution in [0.5, 0.6) is 5.75 Å². The van der Waals surface area contributed by atoms with Gasteiger partial charge in [0.1, 0.15) is 17.1 Å². The molecule has 0 amide bonds. The molecule has 0 aliphatic rings. The lowest BCUT2D eigenvalue weighted by molar-refractivity contribution is -0.384. The van der Waals surface area contributed by atoms with Crippen LogP contribution in [0.15, 0.2) is 80.8 Å². The van der Waals surface area contributed by atoms with E-state index in [4.69, 9.17) is 9.15 Å². The van der Waals surface area contributed by atoms with E-state index in [1.54, 1.807) is 31.2 Å². The van der Waals surface area contributed by atoms with Gasteiger partial charge < -0.3 is 9.15 Å². The maximum atomic E-state index is 13.1. The van der Waals surface area contributed by atoms with Crippen LogP contribution in [0.1, 0.15) is 37.0 Å². The van der Waals surface area contributed by atoms with E-state index in [1.807, 2.05) is 6.92 Å². The number of non-ortho nitro benzene ring substituents is 1. The summed E-state index contributed by atoms with van der Waals surface area (Å²) in [6.45, 7) is 3.77. The van der Waals surface area contributed by atoms with Crippen LogP contribution in [0, 0.1) is 24.0 Å². The minimum atomic E-state index is -3.57. The number of ether oxygens (including phenoxy) is 1. The molecular formula is C29H28N2O8S. The minimum Gasteiger partial charge on any atom is -0.460 e. The summed E-state index contributed by atoms with van der Waals surface area (Å²) in [6.07, 6.45) is 1.86. The Labute approximate surface area is 230 Å². The number of unbranched alkanes of at least 4 members (excludes halogenated alkanes) is 2. The minimum absolute atomic E-state index is 0.0826. The summed E-state index contributed by atoms with van der Waals surface area (Å²) in [7, 11) is -3.57. The van der Waals surface area contributed by atoms with Gasteiger partial charge in [0.15, 0.2) is 0 Å². The molecule has 0 unspecified atom stereocenters. The summed E-state index contributed by atoms with van der Waals surface area (Å²) < 4.78 is 38.4. The number of nitrogens with zero attached hydrogens (tertiary/aromatic N) is 1. The number of esters is 1. The van der Waals surface area contributed by atoms with Crippen molar-refractivity contribution in [3.8, 4) is 16.9 Å². The van der Waals surface area contributed by atoms with Crippen LogP contribution in [0.3, 0.4) is 0 Å². The predicted molar refractivity (Wildman–Crippen MR) is 150 cm³/mol. The van der Waals surface area contributed by atoms with Crippen LogP contribution in [0.25, 0.3) is 22.1 Å². The summed E-state index contributed by atoms with van der Waals surface area (Å²) >= 11 is 0. The highest BCUT2D eigenvalue weighted by atomic mass is 32.2. The standard InChI is InChI=1S/C29H28N2O8S/c1-19-7-14-24(15-8-19)40(36,37)30-17-5-3-4-6-27(32)39-23-13-16-25-26(18-23)38-20(2)28(29(25)33)21-9-11-22(12-10-21)31(34)35/h7-16,18,30H,3-6,17H2,1-2H3. The molecular weight excluding hydrogens is 536 g/mol. The molecule has 0 bridgehead atoms. The first kappa shape index (κ1) is 28.7. The summed E-state index contributed by atoms with van der Waals surface area (Å²) in [5.41, 5.74) is 1.64. The monoisotopic (exact) mass is 564 g/mol. The van der Waals surface area contributed by atoms with E-state index in [0.29, 0.717) is 36.1 Å². The largest absolute Gasteiger partial charge is 0.460 e. The fraction of sp³-hybridized carbons (Fsp3) is 0.241. The van der Waals surface area contributed by atoms with Crippen molar-refractivity contribution in [1.82, 2.24) is 4.72 Å². The molecule has 4 aromatic rings. The number of rotatable bonds is 11. The van der Waals surface area contributed by atoms with E-state index in [9.17, 15) is 28.1 Å². The average Bonchev–Trinajstić information content (AvgIpc) is 2.91. The zero-order valence-corrected chi connectivity index (χ0v) is 22.8. The Balaban J connectivity index is 1.31. The Morgan fingerprint density at radius 3 is 2.35 bits per heavy atom. The van der Waals surface area contributed by atoms with Gasteiger partial charge in [0.05, 0.1) is 20.8 Å². The van der Waals surface area contributed by atoms with Gasteiger partial charge in [-0.15, -0.1) is 0 Å². The van der Waals surface area contributed by atoms with Gasteiger partial charge in [0.25, 0.3) is 5.69 Å². The highest BCUT2D eigenvalue weighted by Crippen LogP contribution is 2.28. The molecule has 1 heterocycles. The summed E-state index contributed by atoms with van der Waals surface area (Å²) in [4.78, 5) is 36.1. The second kappa shape index (κ2) is 12.2. The van der Waals surface area contributed by atoms with Gasteiger partial charge in [-0.25, -0.2) is 13.1 Å². The van der Waals surface area contributed by atoms with Gasteiger partial charge in [-0.2, -0.15) is 0 Å². The number of carbonyl (C=O) groups excluding carboxylic acids is 1. The zero-order valence-electron chi connectivity index (χ0n) is 22.0. The van der Waals surface area contributed by atoms with Crippen LogP contribution in [0.2, 0.25) is 0 Å². The predicted octanol–water partition coefficient (Wildman–Crippen LogP) is 5.43. The molecule has 0 saturated heterocycles. The second-order valence-electron chi connectivity index (χ2n) is 9.32. The third-order valence-corrected chi connectivity index (χ3v) is 7.80. The Bertz CT molecular complexity index is 1710. The van der Waals surface area contributed by atoms with Crippen molar-refractivity contribution in [2.75, 3.05) is 6.54 Å².